The molecule has 2 aromatic carbocycles. The van der Waals surface area contributed by atoms with E-state index in [4.69, 9.17) is 19.9 Å². The lowest BCUT2D eigenvalue weighted by molar-refractivity contribution is -0.138. The van der Waals surface area contributed by atoms with Gasteiger partial charge in [-0.1, -0.05) is 6.07 Å². The van der Waals surface area contributed by atoms with Crippen LogP contribution in [-0.4, -0.2) is 26.8 Å². The van der Waals surface area contributed by atoms with Gasteiger partial charge in [-0.25, -0.2) is 9.38 Å². The van der Waals surface area contributed by atoms with Crippen LogP contribution in [0.2, 0.25) is 0 Å². The highest BCUT2D eigenvalue weighted by molar-refractivity contribution is 5.94. The third-order valence-electron chi connectivity index (χ3n) is 5.16. The highest BCUT2D eigenvalue weighted by Crippen LogP contribution is 2.47. The fourth-order valence-corrected chi connectivity index (χ4v) is 3.82. The molecule has 0 saturated carbocycles. The van der Waals surface area contributed by atoms with E-state index in [-0.39, 0.29) is 24.6 Å². The minimum atomic E-state index is -4.77. The zero-order valence-electron chi connectivity index (χ0n) is 16.6. The van der Waals surface area contributed by atoms with Crippen LogP contribution in [0.4, 0.5) is 17.6 Å². The summed E-state index contributed by atoms with van der Waals surface area (Å²) in [6, 6.07) is 4.75. The maximum absolute atomic E-state index is 13.7. The second-order valence-corrected chi connectivity index (χ2v) is 6.97. The van der Waals surface area contributed by atoms with Gasteiger partial charge in [0.2, 0.25) is 0 Å². The van der Waals surface area contributed by atoms with Crippen molar-refractivity contribution in [2.75, 3.05) is 20.8 Å². The summed E-state index contributed by atoms with van der Waals surface area (Å²) in [5.41, 5.74) is 6.13. The summed E-state index contributed by atoms with van der Waals surface area (Å²) in [5, 5.41) is 2.95. The highest BCUT2D eigenvalue weighted by atomic mass is 19.4. The molecule has 0 radical (unpaired) electrons. The summed E-state index contributed by atoms with van der Waals surface area (Å²) in [4.78, 5) is 4.23. The lowest BCUT2D eigenvalue weighted by atomic mass is 9.89. The van der Waals surface area contributed by atoms with Crippen molar-refractivity contribution in [3.8, 4) is 17.2 Å². The third-order valence-corrected chi connectivity index (χ3v) is 5.16. The minimum absolute atomic E-state index is 0.0769. The number of ether oxygens (including phenoxy) is 3. The van der Waals surface area contributed by atoms with Crippen molar-refractivity contribution >= 4 is 11.7 Å². The first kappa shape index (κ1) is 20.8. The van der Waals surface area contributed by atoms with E-state index in [1.54, 1.807) is 12.1 Å². The molecule has 10 heteroatoms. The largest absolute Gasteiger partial charge is 0.496 e. The van der Waals surface area contributed by atoms with Gasteiger partial charge in [-0.15, -0.1) is 0 Å². The number of nitrogens with zero attached hydrogens (tertiary/aromatic N) is 1. The lowest BCUT2D eigenvalue weighted by Crippen LogP contribution is -2.36. The second-order valence-electron chi connectivity index (χ2n) is 6.97. The Bertz CT molecular complexity index is 1100. The average Bonchev–Trinajstić information content (AvgIpc) is 2.91. The van der Waals surface area contributed by atoms with Crippen molar-refractivity contribution in [1.29, 1.82) is 0 Å². The monoisotopic (exact) mass is 437 g/mol. The molecule has 0 bridgehead atoms. The fourth-order valence-electron chi connectivity index (χ4n) is 3.82. The molecule has 164 valence electrons. The maximum Gasteiger partial charge on any atom is 0.416 e. The molecule has 2 aromatic rings. The third kappa shape index (κ3) is 3.73. The van der Waals surface area contributed by atoms with Crippen LogP contribution in [0.1, 0.15) is 29.2 Å². The number of guanidine groups is 1. The normalized spacial score (nSPS) is 18.1. The maximum atomic E-state index is 13.7. The summed E-state index contributed by atoms with van der Waals surface area (Å²) in [5.74, 6) is 0.245. The second kappa shape index (κ2) is 7.68. The van der Waals surface area contributed by atoms with Crippen LogP contribution in [0, 0.1) is 5.82 Å². The SMILES string of the molecule is COc1cc(OC)c2c(c1)OCCC1=C2NC(N)=NC1c1ccc(F)cc1C(F)(F)F. The van der Waals surface area contributed by atoms with Crippen molar-refractivity contribution in [1.82, 2.24) is 5.32 Å². The molecule has 6 nitrogen and oxygen atoms in total. The number of aliphatic imine (C=N–C) groups is 1. The smallest absolute Gasteiger partial charge is 0.416 e. The summed E-state index contributed by atoms with van der Waals surface area (Å²) < 4.78 is 71.3. The van der Waals surface area contributed by atoms with Crippen LogP contribution < -0.4 is 25.3 Å². The molecule has 3 N–H and O–H groups in total. The molecule has 2 heterocycles. The molecule has 0 aromatic heterocycles. The van der Waals surface area contributed by atoms with Gasteiger partial charge >= 0.3 is 6.18 Å². The van der Waals surface area contributed by atoms with E-state index in [1.807, 2.05) is 0 Å². The molecule has 0 saturated heterocycles. The Kier molecular flexibility index (Phi) is 5.16. The van der Waals surface area contributed by atoms with Crippen LogP contribution in [-0.2, 0) is 6.18 Å². The zero-order chi connectivity index (χ0) is 22.3. The predicted molar refractivity (Wildman–Crippen MR) is 105 cm³/mol. The van der Waals surface area contributed by atoms with Crippen molar-refractivity contribution in [2.45, 2.75) is 18.6 Å². The van der Waals surface area contributed by atoms with Crippen molar-refractivity contribution in [3.05, 3.63) is 58.4 Å². The molecular weight excluding hydrogens is 418 g/mol. The Balaban J connectivity index is 1.95. The van der Waals surface area contributed by atoms with E-state index in [1.165, 1.54) is 14.2 Å². The van der Waals surface area contributed by atoms with Crippen LogP contribution in [0.25, 0.3) is 5.70 Å². The van der Waals surface area contributed by atoms with E-state index < -0.39 is 23.6 Å². The van der Waals surface area contributed by atoms with Gasteiger partial charge in [0.05, 0.1) is 37.7 Å². The van der Waals surface area contributed by atoms with E-state index in [2.05, 4.69) is 10.3 Å². The molecule has 0 spiro atoms. The summed E-state index contributed by atoms with van der Waals surface area (Å²) in [6.45, 7) is 0.179. The number of alkyl halides is 3. The molecular formula is C21H19F4N3O3. The Morgan fingerprint density at radius 2 is 1.94 bits per heavy atom. The number of fused-ring (bicyclic) bond motifs is 2. The first-order valence-electron chi connectivity index (χ1n) is 9.32. The first-order chi connectivity index (χ1) is 14.7. The lowest BCUT2D eigenvalue weighted by Gasteiger charge is -2.28. The molecule has 2 aliphatic heterocycles. The van der Waals surface area contributed by atoms with Crippen molar-refractivity contribution in [3.63, 3.8) is 0 Å². The fraction of sp³-hybridized carbons (Fsp3) is 0.286. The van der Waals surface area contributed by atoms with Crippen LogP contribution in [0.15, 0.2) is 40.9 Å². The summed E-state index contributed by atoms with van der Waals surface area (Å²) in [6.07, 6.45) is -4.50. The van der Waals surface area contributed by atoms with Gasteiger partial charge in [0, 0.05) is 18.6 Å². The number of rotatable bonds is 3. The summed E-state index contributed by atoms with van der Waals surface area (Å²) in [7, 11) is 2.95. The molecule has 31 heavy (non-hydrogen) atoms. The van der Waals surface area contributed by atoms with E-state index in [0.29, 0.717) is 40.1 Å². The molecule has 0 aliphatic carbocycles. The van der Waals surface area contributed by atoms with Gasteiger partial charge in [0.1, 0.15) is 29.1 Å². The number of halogens is 4. The predicted octanol–water partition coefficient (Wildman–Crippen LogP) is 4.01. The summed E-state index contributed by atoms with van der Waals surface area (Å²) >= 11 is 0. The van der Waals surface area contributed by atoms with Crippen molar-refractivity contribution in [2.24, 2.45) is 10.7 Å². The van der Waals surface area contributed by atoms with Gasteiger partial charge in [-0.2, -0.15) is 13.2 Å². The number of benzene rings is 2. The Labute approximate surface area is 175 Å². The van der Waals surface area contributed by atoms with Gasteiger partial charge in [0.25, 0.3) is 0 Å². The zero-order valence-corrected chi connectivity index (χ0v) is 16.6. The van der Waals surface area contributed by atoms with Gasteiger partial charge < -0.3 is 25.3 Å². The Hall–Kier alpha value is -3.43. The van der Waals surface area contributed by atoms with Crippen LogP contribution in [0.5, 0.6) is 17.2 Å². The van der Waals surface area contributed by atoms with Crippen LogP contribution in [0.3, 0.4) is 0 Å². The molecule has 0 fully saturated rings. The molecule has 0 amide bonds. The minimum Gasteiger partial charge on any atom is -0.496 e. The highest BCUT2D eigenvalue weighted by Gasteiger charge is 2.39. The molecule has 2 aliphatic rings. The Morgan fingerprint density at radius 1 is 1.16 bits per heavy atom. The van der Waals surface area contributed by atoms with Crippen LogP contribution >= 0.6 is 0 Å². The standard InChI is InChI=1S/C21H19F4N3O3/c1-29-11-8-15(30-2)17-16(9-11)31-6-5-13-18(27-20(26)28-19(13)17)12-4-3-10(22)7-14(12)21(23,24)25/h3-4,7-9,18H,5-6H2,1-2H3,(H3,26,27,28). The molecule has 1 atom stereocenters. The number of hydrogen-bond acceptors (Lipinski definition) is 6. The van der Waals surface area contributed by atoms with E-state index >= 15 is 0 Å². The van der Waals surface area contributed by atoms with E-state index in [0.717, 1.165) is 12.1 Å². The Morgan fingerprint density at radius 3 is 2.61 bits per heavy atom. The van der Waals surface area contributed by atoms with Gasteiger partial charge in [-0.3, -0.25) is 0 Å². The van der Waals surface area contributed by atoms with Gasteiger partial charge in [-0.05, 0) is 23.3 Å². The number of hydrogen-bond donors (Lipinski definition) is 2. The number of nitrogens with one attached hydrogen (secondary N) is 1. The average molecular weight is 437 g/mol. The quantitative estimate of drug-likeness (QED) is 0.710. The molecule has 1 unspecified atom stereocenters. The van der Waals surface area contributed by atoms with Crippen molar-refractivity contribution < 1.29 is 31.8 Å². The van der Waals surface area contributed by atoms with E-state index in [9.17, 15) is 17.6 Å². The molecule has 4 rings (SSSR count). The van der Waals surface area contributed by atoms with Gasteiger partial charge in [0.15, 0.2) is 5.96 Å². The topological polar surface area (TPSA) is 78.1 Å². The number of nitrogens with two attached hydrogens (primary N) is 1. The first-order valence-corrected chi connectivity index (χ1v) is 9.32. The number of methoxy groups -OCH3 is 2.